The first-order valence-corrected chi connectivity index (χ1v) is 5.20. The van der Waals surface area contributed by atoms with Gasteiger partial charge in [-0.2, -0.15) is 0 Å². The summed E-state index contributed by atoms with van der Waals surface area (Å²) in [5, 5.41) is 11.1. The van der Waals surface area contributed by atoms with Crippen LogP contribution in [0.4, 0.5) is 0 Å². The molecule has 2 aromatic rings. The van der Waals surface area contributed by atoms with E-state index in [2.05, 4.69) is 4.98 Å². The van der Waals surface area contributed by atoms with Crippen LogP contribution in [0.15, 0.2) is 30.5 Å². The van der Waals surface area contributed by atoms with E-state index >= 15 is 0 Å². The standard InChI is InChI=1S/C12H14N2O2/c1-9(15)14(16)7-6-10-8-13-12-5-3-2-4-11(10)12/h2-5,8,13,16H,6-7H2,1H3. The molecule has 1 heterocycles. The van der Waals surface area contributed by atoms with E-state index < -0.39 is 0 Å². The van der Waals surface area contributed by atoms with Crippen LogP contribution in [0.2, 0.25) is 0 Å². The van der Waals surface area contributed by atoms with Crippen LogP contribution in [0.1, 0.15) is 12.5 Å². The maximum absolute atomic E-state index is 10.8. The Morgan fingerprint density at radius 3 is 2.94 bits per heavy atom. The molecule has 0 bridgehead atoms. The number of aromatic amines is 1. The summed E-state index contributed by atoms with van der Waals surface area (Å²) >= 11 is 0. The third-order valence-electron chi connectivity index (χ3n) is 2.63. The highest BCUT2D eigenvalue weighted by atomic mass is 16.5. The average Bonchev–Trinajstić information content (AvgIpc) is 2.69. The van der Waals surface area contributed by atoms with Gasteiger partial charge in [0, 0.05) is 24.0 Å². The number of benzene rings is 1. The number of aromatic nitrogens is 1. The molecule has 0 aliphatic rings. The number of rotatable bonds is 3. The van der Waals surface area contributed by atoms with E-state index in [1.807, 2.05) is 30.5 Å². The Labute approximate surface area is 93.5 Å². The van der Waals surface area contributed by atoms with E-state index in [-0.39, 0.29) is 5.91 Å². The van der Waals surface area contributed by atoms with Crippen molar-refractivity contribution in [3.8, 4) is 0 Å². The fraction of sp³-hybridized carbons (Fsp3) is 0.250. The van der Waals surface area contributed by atoms with Gasteiger partial charge in [-0.25, -0.2) is 5.06 Å². The second-order valence-electron chi connectivity index (χ2n) is 3.75. The van der Waals surface area contributed by atoms with Gasteiger partial charge in [0.1, 0.15) is 0 Å². The molecular weight excluding hydrogens is 204 g/mol. The Bertz CT molecular complexity index is 504. The van der Waals surface area contributed by atoms with Gasteiger partial charge in [0.2, 0.25) is 5.91 Å². The van der Waals surface area contributed by atoms with Crippen molar-refractivity contribution in [1.82, 2.24) is 10.0 Å². The molecule has 84 valence electrons. The van der Waals surface area contributed by atoms with Crippen LogP contribution in [0.5, 0.6) is 0 Å². The molecule has 0 aliphatic carbocycles. The van der Waals surface area contributed by atoms with Crippen LogP contribution in [0, 0.1) is 0 Å². The summed E-state index contributed by atoms with van der Waals surface area (Å²) in [6.45, 7) is 1.66. The van der Waals surface area contributed by atoms with Gasteiger partial charge in [0.25, 0.3) is 0 Å². The number of hydrogen-bond acceptors (Lipinski definition) is 2. The van der Waals surface area contributed by atoms with Crippen molar-refractivity contribution >= 4 is 16.8 Å². The number of carbonyl (C=O) groups is 1. The molecule has 1 aromatic heterocycles. The number of hydroxylamine groups is 2. The van der Waals surface area contributed by atoms with E-state index in [1.165, 1.54) is 6.92 Å². The summed E-state index contributed by atoms with van der Waals surface area (Å²) in [7, 11) is 0. The molecule has 0 saturated heterocycles. The molecule has 2 rings (SSSR count). The molecular formula is C12H14N2O2. The quantitative estimate of drug-likeness (QED) is 0.611. The fourth-order valence-electron chi connectivity index (χ4n) is 1.72. The Morgan fingerprint density at radius 2 is 2.19 bits per heavy atom. The zero-order valence-corrected chi connectivity index (χ0v) is 9.10. The van der Waals surface area contributed by atoms with E-state index in [1.54, 1.807) is 0 Å². The lowest BCUT2D eigenvalue weighted by atomic mass is 10.1. The Morgan fingerprint density at radius 1 is 1.44 bits per heavy atom. The third kappa shape index (κ3) is 2.06. The van der Waals surface area contributed by atoms with Gasteiger partial charge in [0.05, 0.1) is 6.54 Å². The summed E-state index contributed by atoms with van der Waals surface area (Å²) in [4.78, 5) is 14.0. The van der Waals surface area contributed by atoms with Gasteiger partial charge in [-0.1, -0.05) is 18.2 Å². The molecule has 1 amide bonds. The van der Waals surface area contributed by atoms with Gasteiger partial charge in [-0.15, -0.1) is 0 Å². The first kappa shape index (κ1) is 10.7. The number of nitrogens with one attached hydrogen (secondary N) is 1. The molecule has 16 heavy (non-hydrogen) atoms. The number of nitrogens with zero attached hydrogens (tertiary/aromatic N) is 1. The van der Waals surface area contributed by atoms with Crippen LogP contribution in [-0.4, -0.2) is 27.7 Å². The Kier molecular flexibility index (Phi) is 2.92. The smallest absolute Gasteiger partial charge is 0.242 e. The molecule has 0 fully saturated rings. The Hall–Kier alpha value is -1.81. The first-order valence-electron chi connectivity index (χ1n) is 5.20. The maximum Gasteiger partial charge on any atom is 0.242 e. The van der Waals surface area contributed by atoms with Crippen molar-refractivity contribution < 1.29 is 10.0 Å². The average molecular weight is 218 g/mol. The molecule has 2 N–H and O–H groups in total. The highest BCUT2D eigenvalue weighted by Crippen LogP contribution is 2.18. The van der Waals surface area contributed by atoms with Crippen molar-refractivity contribution in [2.24, 2.45) is 0 Å². The Balaban J connectivity index is 2.13. The van der Waals surface area contributed by atoms with Crippen LogP contribution in [0.25, 0.3) is 10.9 Å². The van der Waals surface area contributed by atoms with E-state index in [9.17, 15) is 10.0 Å². The molecule has 0 atom stereocenters. The SMILES string of the molecule is CC(=O)N(O)CCc1c[nH]c2ccccc12. The second kappa shape index (κ2) is 4.37. The van der Waals surface area contributed by atoms with Crippen LogP contribution in [-0.2, 0) is 11.2 Å². The van der Waals surface area contributed by atoms with E-state index in [4.69, 9.17) is 0 Å². The molecule has 4 nitrogen and oxygen atoms in total. The van der Waals surface area contributed by atoms with Gasteiger partial charge in [-0.3, -0.25) is 10.0 Å². The van der Waals surface area contributed by atoms with Crippen LogP contribution in [0.3, 0.4) is 0 Å². The number of amides is 1. The van der Waals surface area contributed by atoms with Crippen molar-refractivity contribution in [3.63, 3.8) is 0 Å². The predicted molar refractivity (Wildman–Crippen MR) is 61.2 cm³/mol. The van der Waals surface area contributed by atoms with Gasteiger partial charge in [-0.05, 0) is 18.1 Å². The lowest BCUT2D eigenvalue weighted by Crippen LogP contribution is -2.26. The third-order valence-corrected chi connectivity index (χ3v) is 2.63. The number of para-hydroxylation sites is 1. The summed E-state index contributed by atoms with van der Waals surface area (Å²) in [6.07, 6.45) is 2.55. The molecule has 0 unspecified atom stereocenters. The highest BCUT2D eigenvalue weighted by Gasteiger charge is 2.07. The minimum Gasteiger partial charge on any atom is -0.361 e. The molecule has 0 aliphatic heterocycles. The second-order valence-corrected chi connectivity index (χ2v) is 3.75. The zero-order chi connectivity index (χ0) is 11.5. The van der Waals surface area contributed by atoms with Crippen molar-refractivity contribution in [3.05, 3.63) is 36.0 Å². The number of H-pyrrole nitrogens is 1. The lowest BCUT2D eigenvalue weighted by Gasteiger charge is -2.11. The van der Waals surface area contributed by atoms with Crippen molar-refractivity contribution in [2.75, 3.05) is 6.54 Å². The normalized spacial score (nSPS) is 10.6. The molecule has 1 aromatic carbocycles. The monoisotopic (exact) mass is 218 g/mol. The minimum absolute atomic E-state index is 0.317. The zero-order valence-electron chi connectivity index (χ0n) is 9.10. The van der Waals surface area contributed by atoms with E-state index in [0.717, 1.165) is 21.5 Å². The van der Waals surface area contributed by atoms with Crippen LogP contribution >= 0.6 is 0 Å². The first-order chi connectivity index (χ1) is 7.68. The number of fused-ring (bicyclic) bond motifs is 1. The van der Waals surface area contributed by atoms with Crippen LogP contribution < -0.4 is 0 Å². The maximum atomic E-state index is 10.8. The minimum atomic E-state index is -0.333. The van der Waals surface area contributed by atoms with Crippen molar-refractivity contribution in [1.29, 1.82) is 0 Å². The number of hydrogen-bond donors (Lipinski definition) is 2. The molecule has 4 heteroatoms. The van der Waals surface area contributed by atoms with E-state index in [0.29, 0.717) is 13.0 Å². The summed E-state index contributed by atoms with van der Waals surface area (Å²) < 4.78 is 0. The van der Waals surface area contributed by atoms with Gasteiger partial charge < -0.3 is 4.98 Å². The molecule has 0 saturated carbocycles. The molecule has 0 radical (unpaired) electrons. The number of carbonyl (C=O) groups excluding carboxylic acids is 1. The summed E-state index contributed by atoms with van der Waals surface area (Å²) in [5.74, 6) is -0.333. The summed E-state index contributed by atoms with van der Waals surface area (Å²) in [6, 6.07) is 7.97. The van der Waals surface area contributed by atoms with Gasteiger partial charge in [0.15, 0.2) is 0 Å². The summed E-state index contributed by atoms with van der Waals surface area (Å²) in [5.41, 5.74) is 2.18. The lowest BCUT2D eigenvalue weighted by molar-refractivity contribution is -0.162. The largest absolute Gasteiger partial charge is 0.361 e. The van der Waals surface area contributed by atoms with Crippen molar-refractivity contribution in [2.45, 2.75) is 13.3 Å². The fourth-order valence-corrected chi connectivity index (χ4v) is 1.72. The predicted octanol–water partition coefficient (Wildman–Crippen LogP) is 1.95. The highest BCUT2D eigenvalue weighted by molar-refractivity contribution is 5.83. The van der Waals surface area contributed by atoms with Gasteiger partial charge >= 0.3 is 0 Å². The molecule has 0 spiro atoms. The topological polar surface area (TPSA) is 56.3 Å².